The molecule has 0 spiro atoms. The molecule has 2 aliphatic heterocycles. The van der Waals surface area contributed by atoms with Crippen LogP contribution in [0.3, 0.4) is 0 Å². The maximum Gasteiger partial charge on any atom is 0.420 e. The van der Waals surface area contributed by atoms with Gasteiger partial charge in [-0.05, 0) is 61.3 Å². The fraction of sp³-hybridized carbons (Fsp3) is 0.517. The summed E-state index contributed by atoms with van der Waals surface area (Å²) in [6.07, 6.45) is -9.47. The fourth-order valence-electron chi connectivity index (χ4n) is 6.08. The van der Waals surface area contributed by atoms with Crippen LogP contribution in [0.2, 0.25) is 10.0 Å². The monoisotopic (exact) mass is 653 g/mol. The van der Waals surface area contributed by atoms with Crippen LogP contribution < -0.4 is 10.1 Å². The molecule has 2 unspecified atom stereocenters. The molecule has 2 fully saturated rings. The summed E-state index contributed by atoms with van der Waals surface area (Å²) in [4.78, 5) is 29.8. The molecule has 236 valence electrons. The van der Waals surface area contributed by atoms with Crippen LogP contribution in [0.25, 0.3) is 0 Å². The van der Waals surface area contributed by atoms with Crippen molar-refractivity contribution in [3.63, 3.8) is 0 Å². The van der Waals surface area contributed by atoms with Crippen molar-refractivity contribution < 1.29 is 40.7 Å². The predicted octanol–water partition coefficient (Wildman–Crippen LogP) is 6.75. The third kappa shape index (κ3) is 7.51. The maximum absolute atomic E-state index is 14.7. The number of amides is 2. The lowest BCUT2D eigenvalue weighted by Gasteiger charge is -2.33. The minimum absolute atomic E-state index is 0.0391. The van der Waals surface area contributed by atoms with Crippen molar-refractivity contribution in [2.75, 3.05) is 46.9 Å². The SMILES string of the molecule is CNC(=O)c1ccc(OC)c(C(F)(F)F)c1C1CN(C(=O)C2CCN(CCC(F)(F)F)CC2)CC1c1ccc(Cl)c(Cl)c1. The van der Waals surface area contributed by atoms with E-state index in [9.17, 15) is 35.9 Å². The van der Waals surface area contributed by atoms with E-state index in [4.69, 9.17) is 27.9 Å². The van der Waals surface area contributed by atoms with Gasteiger partial charge in [-0.2, -0.15) is 26.3 Å². The van der Waals surface area contributed by atoms with Crippen molar-refractivity contribution in [2.45, 2.75) is 43.5 Å². The van der Waals surface area contributed by atoms with Crippen LogP contribution in [0.15, 0.2) is 30.3 Å². The predicted molar refractivity (Wildman–Crippen MR) is 150 cm³/mol. The molecule has 0 radical (unpaired) electrons. The summed E-state index contributed by atoms with van der Waals surface area (Å²) in [5.74, 6) is -3.65. The quantitative estimate of drug-likeness (QED) is 0.336. The van der Waals surface area contributed by atoms with Gasteiger partial charge in [0, 0.05) is 50.0 Å². The molecule has 0 bridgehead atoms. The van der Waals surface area contributed by atoms with Crippen molar-refractivity contribution in [1.82, 2.24) is 15.1 Å². The molecule has 0 saturated carbocycles. The minimum atomic E-state index is -4.90. The molecular weight excluding hydrogens is 623 g/mol. The smallest absolute Gasteiger partial charge is 0.420 e. The Morgan fingerprint density at radius 2 is 1.63 bits per heavy atom. The summed E-state index contributed by atoms with van der Waals surface area (Å²) in [5, 5.41) is 2.83. The lowest BCUT2D eigenvalue weighted by Crippen LogP contribution is -2.42. The van der Waals surface area contributed by atoms with E-state index in [0.29, 0.717) is 31.5 Å². The summed E-state index contributed by atoms with van der Waals surface area (Å²) in [5.41, 5.74) is -1.05. The number of carbonyl (C=O) groups is 2. The average Bonchev–Trinajstić information content (AvgIpc) is 3.40. The van der Waals surface area contributed by atoms with E-state index in [1.807, 2.05) is 0 Å². The lowest BCUT2D eigenvalue weighted by molar-refractivity contribution is -0.142. The molecule has 2 atom stereocenters. The standard InChI is InChI=1S/C29H31Cl2F6N3O3/c1-38-26(41)18-4-6-23(43-2)25(29(35,36)37)24(18)20-15-40(14-19(20)17-3-5-21(30)22(31)13-17)27(42)16-7-10-39(11-8-16)12-9-28(32,33)34/h3-6,13,16,19-20H,7-12,14-15H2,1-2H3,(H,38,41). The van der Waals surface area contributed by atoms with E-state index in [1.54, 1.807) is 17.0 Å². The van der Waals surface area contributed by atoms with Crippen molar-refractivity contribution in [2.24, 2.45) is 5.92 Å². The Hall–Kier alpha value is -2.70. The first-order chi connectivity index (χ1) is 20.1. The van der Waals surface area contributed by atoms with E-state index >= 15 is 0 Å². The summed E-state index contributed by atoms with van der Waals surface area (Å²) in [6.45, 7) is 0.355. The summed E-state index contributed by atoms with van der Waals surface area (Å²) in [6, 6.07) is 7.06. The summed E-state index contributed by atoms with van der Waals surface area (Å²) < 4.78 is 87.1. The molecule has 2 aromatic carbocycles. The van der Waals surface area contributed by atoms with E-state index in [-0.39, 0.29) is 46.7 Å². The number of halogens is 8. The van der Waals surface area contributed by atoms with Gasteiger partial charge in [0.2, 0.25) is 5.91 Å². The topological polar surface area (TPSA) is 61.9 Å². The zero-order chi connectivity index (χ0) is 31.7. The van der Waals surface area contributed by atoms with Crippen molar-refractivity contribution >= 4 is 35.0 Å². The first kappa shape index (κ1) is 33.2. The highest BCUT2D eigenvalue weighted by atomic mass is 35.5. The van der Waals surface area contributed by atoms with E-state index < -0.39 is 53.7 Å². The minimum Gasteiger partial charge on any atom is -0.496 e. The fourth-order valence-corrected chi connectivity index (χ4v) is 6.39. The Labute approximate surface area is 255 Å². The number of rotatable bonds is 7. The van der Waals surface area contributed by atoms with Crippen LogP contribution in [0.1, 0.15) is 58.1 Å². The number of hydrogen-bond donors (Lipinski definition) is 1. The number of piperidine rings is 1. The third-order valence-electron chi connectivity index (χ3n) is 8.20. The number of likely N-dealkylation sites (tertiary alicyclic amines) is 2. The molecule has 2 amide bonds. The number of carbonyl (C=O) groups excluding carboxylic acids is 2. The largest absolute Gasteiger partial charge is 0.496 e. The number of methoxy groups -OCH3 is 1. The highest BCUT2D eigenvalue weighted by Gasteiger charge is 2.47. The number of benzene rings is 2. The Morgan fingerprint density at radius 1 is 0.977 bits per heavy atom. The Balaban J connectivity index is 1.72. The number of alkyl halides is 6. The van der Waals surface area contributed by atoms with Gasteiger partial charge < -0.3 is 19.9 Å². The normalized spacial score (nSPS) is 20.4. The number of nitrogens with zero attached hydrogens (tertiary/aromatic N) is 2. The van der Waals surface area contributed by atoms with Gasteiger partial charge in [0.25, 0.3) is 5.91 Å². The molecule has 2 heterocycles. The van der Waals surface area contributed by atoms with Gasteiger partial charge in [-0.1, -0.05) is 29.3 Å². The third-order valence-corrected chi connectivity index (χ3v) is 8.94. The van der Waals surface area contributed by atoms with Crippen LogP contribution >= 0.6 is 23.2 Å². The molecule has 4 rings (SSSR count). The van der Waals surface area contributed by atoms with E-state index in [0.717, 1.165) is 13.2 Å². The highest BCUT2D eigenvalue weighted by molar-refractivity contribution is 6.42. The van der Waals surface area contributed by atoms with E-state index in [1.165, 1.54) is 24.1 Å². The molecule has 2 aliphatic rings. The van der Waals surface area contributed by atoms with Crippen LogP contribution in [-0.4, -0.2) is 74.7 Å². The first-order valence-corrected chi connectivity index (χ1v) is 14.4. The molecule has 2 aromatic rings. The highest BCUT2D eigenvalue weighted by Crippen LogP contribution is 2.49. The average molecular weight is 654 g/mol. The van der Waals surface area contributed by atoms with Gasteiger partial charge in [0.1, 0.15) is 11.3 Å². The van der Waals surface area contributed by atoms with Gasteiger partial charge >= 0.3 is 12.4 Å². The van der Waals surface area contributed by atoms with Crippen LogP contribution in [-0.2, 0) is 11.0 Å². The second-order valence-electron chi connectivity index (χ2n) is 10.8. The lowest BCUT2D eigenvalue weighted by atomic mass is 9.79. The molecule has 2 saturated heterocycles. The second kappa shape index (κ2) is 13.1. The van der Waals surface area contributed by atoms with Crippen molar-refractivity contribution in [3.05, 3.63) is 62.6 Å². The van der Waals surface area contributed by atoms with Crippen molar-refractivity contribution in [1.29, 1.82) is 0 Å². The first-order valence-electron chi connectivity index (χ1n) is 13.7. The summed E-state index contributed by atoms with van der Waals surface area (Å²) >= 11 is 12.4. The zero-order valence-electron chi connectivity index (χ0n) is 23.4. The van der Waals surface area contributed by atoms with Gasteiger partial charge in [0.05, 0.1) is 23.6 Å². The number of hydrogen-bond acceptors (Lipinski definition) is 4. The molecule has 1 N–H and O–H groups in total. The van der Waals surface area contributed by atoms with Gasteiger partial charge in [-0.25, -0.2) is 0 Å². The Bertz CT molecular complexity index is 1350. The van der Waals surface area contributed by atoms with Crippen LogP contribution in [0.4, 0.5) is 26.3 Å². The summed E-state index contributed by atoms with van der Waals surface area (Å²) in [7, 11) is 2.42. The van der Waals surface area contributed by atoms with Crippen LogP contribution in [0.5, 0.6) is 5.75 Å². The number of nitrogens with one attached hydrogen (secondary N) is 1. The molecule has 43 heavy (non-hydrogen) atoms. The molecule has 14 heteroatoms. The van der Waals surface area contributed by atoms with E-state index in [2.05, 4.69) is 5.32 Å². The maximum atomic E-state index is 14.7. The molecule has 0 aliphatic carbocycles. The van der Waals surface area contributed by atoms with Gasteiger partial charge in [-0.3, -0.25) is 9.59 Å². The van der Waals surface area contributed by atoms with Gasteiger partial charge in [-0.15, -0.1) is 0 Å². The second-order valence-corrected chi connectivity index (χ2v) is 11.6. The Kier molecular flexibility index (Phi) is 10.1. The molecule has 0 aromatic heterocycles. The Morgan fingerprint density at radius 3 is 2.19 bits per heavy atom. The van der Waals surface area contributed by atoms with Gasteiger partial charge in [0.15, 0.2) is 0 Å². The molecule has 6 nitrogen and oxygen atoms in total. The van der Waals surface area contributed by atoms with Crippen LogP contribution in [0, 0.1) is 5.92 Å². The zero-order valence-corrected chi connectivity index (χ0v) is 24.9. The molecular formula is C29H31Cl2F6N3O3. The number of ether oxygens (including phenoxy) is 1. The van der Waals surface area contributed by atoms with Crippen molar-refractivity contribution in [3.8, 4) is 5.75 Å².